The highest BCUT2D eigenvalue weighted by molar-refractivity contribution is 5.69. The van der Waals surface area contributed by atoms with Crippen LogP contribution in [0.4, 0.5) is 0 Å². The number of allylic oxidation sites excluding steroid dienone is 6. The normalized spacial score (nSPS) is 20.0. The number of carbonyl (C=O) groups excluding carboxylic acids is 1. The van der Waals surface area contributed by atoms with E-state index in [-0.39, 0.29) is 19.2 Å². The first-order valence-electron chi connectivity index (χ1n) is 26.1. The number of hydrogen-bond donors (Lipinski definition) is 4. The zero-order valence-electron chi connectivity index (χ0n) is 40.1. The van der Waals surface area contributed by atoms with Crippen LogP contribution in [0.1, 0.15) is 232 Å². The number of carbonyl (C=O) groups is 1. The number of aliphatic hydroxyl groups excluding tert-OH is 4. The van der Waals surface area contributed by atoms with Gasteiger partial charge >= 0.3 is 5.97 Å². The maximum atomic E-state index is 12.8. The molecule has 0 aliphatic carbocycles. The number of unbranched alkanes of at least 4 members (excludes halogenated alkanes) is 28. The Morgan fingerprint density at radius 1 is 0.516 bits per heavy atom. The number of aliphatic hydroxyl groups is 4. The molecule has 1 fully saturated rings. The molecule has 364 valence electrons. The van der Waals surface area contributed by atoms with Crippen LogP contribution >= 0.6 is 0 Å². The second kappa shape index (κ2) is 44.6. The van der Waals surface area contributed by atoms with Crippen LogP contribution in [0, 0.1) is 0 Å². The highest BCUT2D eigenvalue weighted by Crippen LogP contribution is 2.23. The molecule has 0 aromatic heterocycles. The van der Waals surface area contributed by atoms with Crippen molar-refractivity contribution in [2.75, 3.05) is 26.4 Å². The summed E-state index contributed by atoms with van der Waals surface area (Å²) in [5, 5.41) is 40.2. The van der Waals surface area contributed by atoms with E-state index in [1.54, 1.807) is 0 Å². The topological polar surface area (TPSA) is 135 Å². The molecule has 1 heterocycles. The summed E-state index contributed by atoms with van der Waals surface area (Å²) in [5.74, 6) is -0.312. The van der Waals surface area contributed by atoms with E-state index in [2.05, 4.69) is 50.3 Å². The quantitative estimate of drug-likeness (QED) is 0.0268. The summed E-state index contributed by atoms with van der Waals surface area (Å²) in [6.45, 7) is 4.57. The van der Waals surface area contributed by atoms with Gasteiger partial charge in [-0.1, -0.05) is 211 Å². The Hall–Kier alpha value is -1.59. The van der Waals surface area contributed by atoms with Gasteiger partial charge in [0, 0.05) is 13.0 Å². The number of rotatable bonds is 45. The number of ether oxygens (including phenoxy) is 4. The second-order valence-electron chi connectivity index (χ2n) is 18.0. The molecular weight excluding hydrogens is 781 g/mol. The number of esters is 1. The van der Waals surface area contributed by atoms with Gasteiger partial charge < -0.3 is 39.4 Å². The Bertz CT molecular complexity index is 1050. The molecule has 4 N–H and O–H groups in total. The Kier molecular flexibility index (Phi) is 42.0. The molecule has 1 rings (SSSR count). The Morgan fingerprint density at radius 3 is 1.40 bits per heavy atom. The van der Waals surface area contributed by atoms with Crippen molar-refractivity contribution >= 4 is 5.97 Å². The van der Waals surface area contributed by atoms with Crippen LogP contribution in [-0.4, -0.2) is 89.6 Å². The monoisotopic (exact) mass is 879 g/mol. The maximum absolute atomic E-state index is 12.8. The van der Waals surface area contributed by atoms with E-state index >= 15 is 0 Å². The van der Waals surface area contributed by atoms with E-state index < -0.39 is 43.4 Å². The molecule has 0 spiro atoms. The first-order valence-corrected chi connectivity index (χ1v) is 26.1. The van der Waals surface area contributed by atoms with Crippen molar-refractivity contribution in [1.82, 2.24) is 0 Å². The fourth-order valence-corrected chi connectivity index (χ4v) is 7.97. The molecule has 6 atom stereocenters. The molecule has 0 amide bonds. The van der Waals surface area contributed by atoms with Crippen LogP contribution in [-0.2, 0) is 23.7 Å². The van der Waals surface area contributed by atoms with Gasteiger partial charge in [0.25, 0.3) is 0 Å². The van der Waals surface area contributed by atoms with Gasteiger partial charge in [0.05, 0.1) is 19.8 Å². The molecule has 0 aromatic rings. The lowest BCUT2D eigenvalue weighted by Crippen LogP contribution is -2.59. The Morgan fingerprint density at radius 2 is 0.935 bits per heavy atom. The van der Waals surface area contributed by atoms with E-state index in [0.29, 0.717) is 13.0 Å². The third-order valence-corrected chi connectivity index (χ3v) is 12.1. The summed E-state index contributed by atoms with van der Waals surface area (Å²) in [6.07, 6.45) is 47.5. The predicted molar refractivity (Wildman–Crippen MR) is 256 cm³/mol. The standard InChI is InChI=1S/C53H98O9/c1-3-5-7-9-11-13-15-17-18-19-20-21-22-23-24-25-26-27-28-29-31-33-35-37-39-41-43-59-45-47(46-60-53-52(58)51(57)50(56)48(44-54)62-53)61-49(55)42-40-38-36-34-32-30-16-14-12-10-8-6-4-2/h15,17,19-20,22-23,47-48,50-54,56-58H,3-14,16,18,21,24-46H2,1-2H3/b17-15-,20-19-,23-22-. The van der Waals surface area contributed by atoms with E-state index in [9.17, 15) is 25.2 Å². The molecule has 0 aromatic carbocycles. The Labute approximate surface area is 380 Å². The van der Waals surface area contributed by atoms with Crippen molar-refractivity contribution < 1.29 is 44.2 Å². The van der Waals surface area contributed by atoms with Crippen LogP contribution < -0.4 is 0 Å². The predicted octanol–water partition coefficient (Wildman–Crippen LogP) is 12.7. The molecule has 9 nitrogen and oxygen atoms in total. The number of hydrogen-bond acceptors (Lipinski definition) is 9. The molecule has 1 saturated heterocycles. The minimum atomic E-state index is -1.54. The lowest BCUT2D eigenvalue weighted by atomic mass is 9.99. The molecule has 9 heteroatoms. The van der Waals surface area contributed by atoms with E-state index in [1.807, 2.05) is 0 Å². The van der Waals surface area contributed by atoms with Gasteiger partial charge in [0.15, 0.2) is 6.29 Å². The van der Waals surface area contributed by atoms with Gasteiger partial charge in [-0.3, -0.25) is 4.79 Å². The van der Waals surface area contributed by atoms with Crippen molar-refractivity contribution in [1.29, 1.82) is 0 Å². The third-order valence-electron chi connectivity index (χ3n) is 12.1. The van der Waals surface area contributed by atoms with Crippen molar-refractivity contribution in [3.63, 3.8) is 0 Å². The zero-order valence-corrected chi connectivity index (χ0v) is 40.1. The first-order chi connectivity index (χ1) is 30.4. The molecule has 0 bridgehead atoms. The summed E-state index contributed by atoms with van der Waals surface area (Å²) in [4.78, 5) is 12.8. The summed E-state index contributed by atoms with van der Waals surface area (Å²) in [5.41, 5.74) is 0. The minimum absolute atomic E-state index is 0.111. The van der Waals surface area contributed by atoms with E-state index in [1.165, 1.54) is 167 Å². The third kappa shape index (κ3) is 34.8. The minimum Gasteiger partial charge on any atom is -0.457 e. The van der Waals surface area contributed by atoms with Gasteiger partial charge in [0.1, 0.15) is 30.5 Å². The van der Waals surface area contributed by atoms with Gasteiger partial charge in [-0.15, -0.1) is 0 Å². The lowest BCUT2D eigenvalue weighted by Gasteiger charge is -2.39. The van der Waals surface area contributed by atoms with Crippen LogP contribution in [0.2, 0.25) is 0 Å². The van der Waals surface area contributed by atoms with Crippen LogP contribution in [0.25, 0.3) is 0 Å². The van der Waals surface area contributed by atoms with E-state index in [4.69, 9.17) is 18.9 Å². The van der Waals surface area contributed by atoms with Crippen LogP contribution in [0.5, 0.6) is 0 Å². The fourth-order valence-electron chi connectivity index (χ4n) is 7.97. The van der Waals surface area contributed by atoms with Crippen molar-refractivity contribution in [3.8, 4) is 0 Å². The first kappa shape index (κ1) is 58.4. The van der Waals surface area contributed by atoms with Gasteiger partial charge in [-0.25, -0.2) is 0 Å². The van der Waals surface area contributed by atoms with E-state index in [0.717, 1.165) is 44.9 Å². The van der Waals surface area contributed by atoms with Crippen LogP contribution in [0.15, 0.2) is 36.5 Å². The van der Waals surface area contributed by atoms with Gasteiger partial charge in [0.2, 0.25) is 0 Å². The smallest absolute Gasteiger partial charge is 0.306 e. The van der Waals surface area contributed by atoms with Gasteiger partial charge in [-0.05, 0) is 51.4 Å². The fraction of sp³-hybridized carbons (Fsp3) is 0.868. The highest BCUT2D eigenvalue weighted by Gasteiger charge is 2.44. The molecule has 62 heavy (non-hydrogen) atoms. The summed E-state index contributed by atoms with van der Waals surface area (Å²) in [7, 11) is 0. The molecule has 1 aliphatic rings. The summed E-state index contributed by atoms with van der Waals surface area (Å²) < 4.78 is 22.9. The zero-order chi connectivity index (χ0) is 45.0. The molecule has 0 radical (unpaired) electrons. The van der Waals surface area contributed by atoms with Gasteiger partial charge in [-0.2, -0.15) is 0 Å². The lowest BCUT2D eigenvalue weighted by molar-refractivity contribution is -0.305. The average Bonchev–Trinajstić information content (AvgIpc) is 3.27. The SMILES string of the molecule is CCCCCCC/C=C\C/C=C\C/C=C\CCCCCCCCCCCCCOCC(COC1OC(CO)C(O)C(O)C1O)OC(=O)CCCCCCCCCCCCCCC. The molecular formula is C53H98O9. The molecule has 6 unspecified atom stereocenters. The van der Waals surface area contributed by atoms with Crippen molar-refractivity contribution in [3.05, 3.63) is 36.5 Å². The largest absolute Gasteiger partial charge is 0.457 e. The van der Waals surface area contributed by atoms with Crippen molar-refractivity contribution in [2.24, 2.45) is 0 Å². The molecule has 0 saturated carbocycles. The summed E-state index contributed by atoms with van der Waals surface area (Å²) >= 11 is 0. The maximum Gasteiger partial charge on any atom is 0.306 e. The second-order valence-corrected chi connectivity index (χ2v) is 18.0. The van der Waals surface area contributed by atoms with Crippen LogP contribution in [0.3, 0.4) is 0 Å². The highest BCUT2D eigenvalue weighted by atomic mass is 16.7. The summed E-state index contributed by atoms with van der Waals surface area (Å²) in [6, 6.07) is 0. The molecule has 1 aliphatic heterocycles. The van der Waals surface area contributed by atoms with Crippen molar-refractivity contribution in [2.45, 2.75) is 269 Å². The Balaban J connectivity index is 2.15. The average molecular weight is 879 g/mol.